The van der Waals surface area contributed by atoms with Gasteiger partial charge in [0, 0.05) is 16.1 Å². The summed E-state index contributed by atoms with van der Waals surface area (Å²) >= 11 is 3.34. The van der Waals surface area contributed by atoms with Crippen molar-refractivity contribution in [3.05, 3.63) is 62.6 Å². The second-order valence-corrected chi connectivity index (χ2v) is 5.61. The predicted octanol–water partition coefficient (Wildman–Crippen LogP) is 2.90. The van der Waals surface area contributed by atoms with E-state index in [2.05, 4.69) is 26.5 Å². The Labute approximate surface area is 151 Å². The lowest BCUT2D eigenvalue weighted by molar-refractivity contribution is -0.385. The van der Waals surface area contributed by atoms with Gasteiger partial charge in [-0.15, -0.1) is 0 Å². The van der Waals surface area contributed by atoms with Crippen molar-refractivity contribution in [2.24, 2.45) is 5.10 Å². The van der Waals surface area contributed by atoms with Crippen LogP contribution in [0.5, 0.6) is 11.5 Å². The number of hydrazone groups is 1. The van der Waals surface area contributed by atoms with E-state index in [1.165, 1.54) is 31.5 Å². The minimum atomic E-state index is -0.578. The first kappa shape index (κ1) is 18.4. The van der Waals surface area contributed by atoms with Crippen LogP contribution in [0, 0.1) is 10.1 Å². The Kier molecular flexibility index (Phi) is 6.47. The van der Waals surface area contributed by atoms with Gasteiger partial charge in [0.05, 0.1) is 18.2 Å². The van der Waals surface area contributed by atoms with E-state index < -0.39 is 17.4 Å². The van der Waals surface area contributed by atoms with Crippen LogP contribution in [0.15, 0.2) is 52.0 Å². The maximum absolute atomic E-state index is 11.7. The summed E-state index contributed by atoms with van der Waals surface area (Å²) in [5, 5.41) is 14.7. The van der Waals surface area contributed by atoms with Crippen LogP contribution in [0.3, 0.4) is 0 Å². The normalized spacial score (nSPS) is 10.5. The van der Waals surface area contributed by atoms with Gasteiger partial charge in [0.15, 0.2) is 12.4 Å². The van der Waals surface area contributed by atoms with Crippen LogP contribution in [-0.2, 0) is 4.79 Å². The molecule has 0 aliphatic rings. The van der Waals surface area contributed by atoms with Gasteiger partial charge in [-0.3, -0.25) is 14.9 Å². The largest absolute Gasteiger partial charge is 0.496 e. The average Bonchev–Trinajstić information content (AvgIpc) is 2.60. The molecule has 2 rings (SSSR count). The van der Waals surface area contributed by atoms with Crippen molar-refractivity contribution in [2.45, 2.75) is 0 Å². The van der Waals surface area contributed by atoms with E-state index in [1.54, 1.807) is 18.2 Å². The summed E-state index contributed by atoms with van der Waals surface area (Å²) in [5.74, 6) is 0.0565. The van der Waals surface area contributed by atoms with Gasteiger partial charge in [-0.05, 0) is 24.3 Å². The molecule has 0 aliphatic carbocycles. The van der Waals surface area contributed by atoms with E-state index in [0.29, 0.717) is 11.3 Å². The molecule has 0 radical (unpaired) electrons. The molecule has 25 heavy (non-hydrogen) atoms. The van der Waals surface area contributed by atoms with Gasteiger partial charge in [0.1, 0.15) is 5.75 Å². The maximum atomic E-state index is 11.7. The standard InChI is InChI=1S/C16H14BrN3O5/c1-24-14-7-6-12(17)8-11(14)9-18-19-16(21)10-25-15-5-3-2-4-13(15)20(22)23/h2-9H,10H2,1H3,(H,19,21)/b18-9+. The van der Waals surface area contributed by atoms with Gasteiger partial charge in [-0.25, -0.2) is 5.43 Å². The highest BCUT2D eigenvalue weighted by Gasteiger charge is 2.14. The Balaban J connectivity index is 1.94. The minimum Gasteiger partial charge on any atom is -0.496 e. The van der Waals surface area contributed by atoms with E-state index in [1.807, 2.05) is 6.07 Å². The Morgan fingerprint density at radius 1 is 1.32 bits per heavy atom. The highest BCUT2D eigenvalue weighted by Crippen LogP contribution is 2.25. The molecule has 1 N–H and O–H groups in total. The molecule has 0 saturated carbocycles. The predicted molar refractivity (Wildman–Crippen MR) is 95.0 cm³/mol. The van der Waals surface area contributed by atoms with Crippen molar-refractivity contribution < 1.29 is 19.2 Å². The number of rotatable bonds is 7. The lowest BCUT2D eigenvalue weighted by atomic mass is 10.2. The molecule has 0 atom stereocenters. The molecule has 8 nitrogen and oxygen atoms in total. The first-order chi connectivity index (χ1) is 12.0. The van der Waals surface area contributed by atoms with Crippen LogP contribution in [0.4, 0.5) is 5.69 Å². The molecule has 0 bridgehead atoms. The summed E-state index contributed by atoms with van der Waals surface area (Å²) in [5.41, 5.74) is 2.74. The zero-order valence-corrected chi connectivity index (χ0v) is 14.7. The number of nitrogens with one attached hydrogen (secondary N) is 1. The Hall–Kier alpha value is -2.94. The van der Waals surface area contributed by atoms with Crippen LogP contribution >= 0.6 is 15.9 Å². The van der Waals surface area contributed by atoms with Crippen LogP contribution in [0.25, 0.3) is 0 Å². The number of nitro benzene ring substituents is 1. The molecule has 1 amide bonds. The number of para-hydroxylation sites is 2. The number of nitrogens with zero attached hydrogens (tertiary/aromatic N) is 2. The molecular formula is C16H14BrN3O5. The van der Waals surface area contributed by atoms with Crippen molar-refractivity contribution in [3.63, 3.8) is 0 Å². The minimum absolute atomic E-state index is 0.0142. The summed E-state index contributed by atoms with van der Waals surface area (Å²) in [7, 11) is 1.53. The number of carbonyl (C=O) groups is 1. The van der Waals surface area contributed by atoms with Gasteiger partial charge >= 0.3 is 5.69 Å². The van der Waals surface area contributed by atoms with Crippen LogP contribution in [-0.4, -0.2) is 30.8 Å². The van der Waals surface area contributed by atoms with Gasteiger partial charge in [-0.2, -0.15) is 5.10 Å². The molecule has 9 heteroatoms. The zero-order valence-electron chi connectivity index (χ0n) is 13.1. The summed E-state index contributed by atoms with van der Waals surface area (Å²) < 4.78 is 11.2. The van der Waals surface area contributed by atoms with Crippen molar-refractivity contribution >= 4 is 33.7 Å². The molecular weight excluding hydrogens is 394 g/mol. The highest BCUT2D eigenvalue weighted by molar-refractivity contribution is 9.10. The number of hydrogen-bond acceptors (Lipinski definition) is 6. The van der Waals surface area contributed by atoms with Crippen molar-refractivity contribution in [1.29, 1.82) is 0 Å². The number of hydrogen-bond donors (Lipinski definition) is 1. The van der Waals surface area contributed by atoms with Crippen molar-refractivity contribution in [2.75, 3.05) is 13.7 Å². The molecule has 0 unspecified atom stereocenters. The molecule has 0 aliphatic heterocycles. The number of carbonyl (C=O) groups excluding carboxylic acids is 1. The Morgan fingerprint density at radius 2 is 2.08 bits per heavy atom. The summed E-state index contributed by atoms with van der Waals surface area (Å²) in [6.45, 7) is -0.405. The number of amides is 1. The van der Waals surface area contributed by atoms with Crippen LogP contribution in [0.1, 0.15) is 5.56 Å². The smallest absolute Gasteiger partial charge is 0.310 e. The molecule has 0 saturated heterocycles. The molecule has 0 heterocycles. The average molecular weight is 408 g/mol. The first-order valence-electron chi connectivity index (χ1n) is 7.03. The topological polar surface area (TPSA) is 103 Å². The van der Waals surface area contributed by atoms with Crippen molar-refractivity contribution in [1.82, 2.24) is 5.43 Å². The van der Waals surface area contributed by atoms with Crippen LogP contribution in [0.2, 0.25) is 0 Å². The summed E-state index contributed by atoms with van der Waals surface area (Å²) in [4.78, 5) is 22.0. The number of halogens is 1. The molecule has 0 spiro atoms. The SMILES string of the molecule is COc1ccc(Br)cc1/C=N/NC(=O)COc1ccccc1[N+](=O)[O-]. The Bertz CT molecular complexity index is 810. The number of nitro groups is 1. The molecule has 0 aromatic heterocycles. The maximum Gasteiger partial charge on any atom is 0.310 e. The van der Waals surface area contributed by atoms with Gasteiger partial charge in [0.25, 0.3) is 5.91 Å². The van der Waals surface area contributed by atoms with E-state index in [4.69, 9.17) is 9.47 Å². The quantitative estimate of drug-likeness (QED) is 0.431. The fraction of sp³-hybridized carbons (Fsp3) is 0.125. The summed E-state index contributed by atoms with van der Waals surface area (Å²) in [6, 6.07) is 11.2. The summed E-state index contributed by atoms with van der Waals surface area (Å²) in [6.07, 6.45) is 1.42. The highest BCUT2D eigenvalue weighted by atomic mass is 79.9. The molecule has 0 fully saturated rings. The molecule has 2 aromatic rings. The third-order valence-corrected chi connectivity index (χ3v) is 3.50. The fourth-order valence-corrected chi connectivity index (χ4v) is 2.26. The van der Waals surface area contributed by atoms with Crippen molar-refractivity contribution in [3.8, 4) is 11.5 Å². The first-order valence-corrected chi connectivity index (χ1v) is 7.82. The van der Waals surface area contributed by atoms with Gasteiger partial charge < -0.3 is 9.47 Å². The van der Waals surface area contributed by atoms with E-state index in [-0.39, 0.29) is 11.4 Å². The second kappa shape index (κ2) is 8.78. The fourth-order valence-electron chi connectivity index (χ4n) is 1.89. The monoisotopic (exact) mass is 407 g/mol. The van der Waals surface area contributed by atoms with Crippen LogP contribution < -0.4 is 14.9 Å². The third kappa shape index (κ3) is 5.28. The number of ether oxygens (including phenoxy) is 2. The Morgan fingerprint density at radius 3 is 2.80 bits per heavy atom. The third-order valence-electron chi connectivity index (χ3n) is 3.01. The molecule has 130 valence electrons. The van der Waals surface area contributed by atoms with E-state index in [0.717, 1.165) is 4.47 Å². The van der Waals surface area contributed by atoms with Gasteiger partial charge in [-0.1, -0.05) is 28.1 Å². The lowest BCUT2D eigenvalue weighted by Gasteiger charge is -2.06. The molecule has 2 aromatic carbocycles. The lowest BCUT2D eigenvalue weighted by Crippen LogP contribution is -2.24. The second-order valence-electron chi connectivity index (χ2n) is 4.69. The van der Waals surface area contributed by atoms with E-state index in [9.17, 15) is 14.9 Å². The number of benzene rings is 2. The zero-order chi connectivity index (χ0) is 18.2. The number of methoxy groups -OCH3 is 1. The van der Waals surface area contributed by atoms with Gasteiger partial charge in [0.2, 0.25) is 0 Å². The van der Waals surface area contributed by atoms with E-state index >= 15 is 0 Å².